The van der Waals surface area contributed by atoms with Gasteiger partial charge in [-0.05, 0) is 60.9 Å². The molecule has 0 saturated heterocycles. The molecule has 32 heavy (non-hydrogen) atoms. The van der Waals surface area contributed by atoms with E-state index in [2.05, 4.69) is 36.5 Å². The van der Waals surface area contributed by atoms with E-state index in [1.165, 1.54) is 5.56 Å². The predicted molar refractivity (Wildman–Crippen MR) is 131 cm³/mol. The van der Waals surface area contributed by atoms with E-state index in [9.17, 15) is 9.59 Å². The van der Waals surface area contributed by atoms with E-state index in [1.54, 1.807) is 4.90 Å². The summed E-state index contributed by atoms with van der Waals surface area (Å²) in [5.41, 5.74) is 3.41. The number of rotatable bonds is 10. The quantitative estimate of drug-likeness (QED) is 0.500. The fourth-order valence-electron chi connectivity index (χ4n) is 4.41. The molecule has 0 aliphatic heterocycles. The van der Waals surface area contributed by atoms with Crippen molar-refractivity contribution >= 4 is 23.4 Å². The van der Waals surface area contributed by atoms with E-state index in [-0.39, 0.29) is 17.9 Å². The summed E-state index contributed by atoms with van der Waals surface area (Å²) in [5, 5.41) is 3.85. The fourth-order valence-corrected chi connectivity index (χ4v) is 4.54. The summed E-state index contributed by atoms with van der Waals surface area (Å²) in [5.74, 6) is -0.0260. The zero-order chi connectivity index (χ0) is 22.9. The molecule has 0 heterocycles. The fraction of sp³-hybridized carbons (Fsp3) is 0.481. The third kappa shape index (κ3) is 6.83. The highest BCUT2D eigenvalue weighted by Crippen LogP contribution is 2.20. The lowest BCUT2D eigenvalue weighted by atomic mass is 10.0. The Morgan fingerprint density at radius 2 is 1.56 bits per heavy atom. The van der Waals surface area contributed by atoms with Crippen molar-refractivity contribution in [1.29, 1.82) is 0 Å². The summed E-state index contributed by atoms with van der Waals surface area (Å²) < 4.78 is 0. The van der Waals surface area contributed by atoms with Crippen molar-refractivity contribution < 1.29 is 9.59 Å². The van der Waals surface area contributed by atoms with Crippen LogP contribution in [0.15, 0.2) is 48.5 Å². The highest BCUT2D eigenvalue weighted by Gasteiger charge is 2.30. The number of amides is 2. The van der Waals surface area contributed by atoms with Gasteiger partial charge in [0.1, 0.15) is 6.04 Å². The zero-order valence-electron chi connectivity index (χ0n) is 19.3. The van der Waals surface area contributed by atoms with Crippen LogP contribution in [0, 0.1) is 0 Å². The molecule has 1 fully saturated rings. The maximum atomic E-state index is 13.4. The molecule has 2 aromatic rings. The van der Waals surface area contributed by atoms with E-state index < -0.39 is 6.04 Å². The van der Waals surface area contributed by atoms with Gasteiger partial charge in [-0.3, -0.25) is 9.59 Å². The molecule has 0 spiro atoms. The number of benzene rings is 2. The Bertz CT molecular complexity index is 874. The smallest absolute Gasteiger partial charge is 0.243 e. The molecule has 2 amide bonds. The maximum absolute atomic E-state index is 13.4. The topological polar surface area (TPSA) is 49.4 Å². The van der Waals surface area contributed by atoms with Crippen molar-refractivity contribution in [3.8, 4) is 0 Å². The van der Waals surface area contributed by atoms with E-state index >= 15 is 0 Å². The number of carbonyl (C=O) groups excluding carboxylic acids is 2. The van der Waals surface area contributed by atoms with Gasteiger partial charge in [0.15, 0.2) is 0 Å². The van der Waals surface area contributed by atoms with Gasteiger partial charge in [0.2, 0.25) is 11.8 Å². The maximum Gasteiger partial charge on any atom is 0.243 e. The molecule has 1 aliphatic rings. The Morgan fingerprint density at radius 1 is 0.969 bits per heavy atom. The first kappa shape index (κ1) is 24.3. The number of hydrogen-bond donors (Lipinski definition) is 1. The van der Waals surface area contributed by atoms with Gasteiger partial charge in [-0.1, -0.05) is 74.7 Å². The van der Waals surface area contributed by atoms with Crippen molar-refractivity contribution in [3.05, 3.63) is 70.2 Å². The molecule has 0 bridgehead atoms. The average molecular weight is 455 g/mol. The van der Waals surface area contributed by atoms with Crippen LogP contribution < -0.4 is 5.32 Å². The van der Waals surface area contributed by atoms with Crippen LogP contribution >= 0.6 is 11.6 Å². The molecule has 2 aromatic carbocycles. The molecule has 1 atom stereocenters. The second kappa shape index (κ2) is 12.1. The van der Waals surface area contributed by atoms with Crippen LogP contribution in [0.4, 0.5) is 0 Å². The third-order valence-corrected chi connectivity index (χ3v) is 6.66. The standard InChI is InChI=1S/C27H35ClN2O2/c1-3-20-9-11-21(12-10-20)15-18-26(31)30(19-22-13-16-23(28)17-14-22)25(4-2)27(32)29-24-7-5-6-8-24/h9-14,16-17,24-25H,3-8,15,18-19H2,1-2H3,(H,29,32)/t25-/m0/s1. The van der Waals surface area contributed by atoms with Crippen LogP contribution in [0.25, 0.3) is 0 Å². The van der Waals surface area contributed by atoms with Crippen molar-refractivity contribution in [1.82, 2.24) is 10.2 Å². The Balaban J connectivity index is 1.73. The zero-order valence-corrected chi connectivity index (χ0v) is 20.0. The minimum absolute atomic E-state index is 0.00735. The summed E-state index contributed by atoms with van der Waals surface area (Å²) >= 11 is 6.04. The number of halogens is 1. The van der Waals surface area contributed by atoms with Gasteiger partial charge in [0, 0.05) is 24.0 Å². The second-order valence-electron chi connectivity index (χ2n) is 8.73. The normalized spacial score (nSPS) is 14.8. The first-order chi connectivity index (χ1) is 15.5. The van der Waals surface area contributed by atoms with Crippen molar-refractivity contribution in [2.24, 2.45) is 0 Å². The van der Waals surface area contributed by atoms with Gasteiger partial charge in [-0.15, -0.1) is 0 Å². The van der Waals surface area contributed by atoms with E-state index in [0.29, 0.717) is 30.8 Å². The molecule has 3 rings (SSSR count). The van der Waals surface area contributed by atoms with Crippen molar-refractivity contribution in [3.63, 3.8) is 0 Å². The molecular formula is C27H35ClN2O2. The summed E-state index contributed by atoms with van der Waals surface area (Å²) in [7, 11) is 0. The Kier molecular flexibility index (Phi) is 9.16. The average Bonchev–Trinajstić information content (AvgIpc) is 3.32. The minimum Gasteiger partial charge on any atom is -0.352 e. The van der Waals surface area contributed by atoms with Crippen LogP contribution in [0.1, 0.15) is 69.1 Å². The van der Waals surface area contributed by atoms with E-state index in [4.69, 9.17) is 11.6 Å². The summed E-state index contributed by atoms with van der Waals surface area (Å²) in [6, 6.07) is 15.7. The lowest BCUT2D eigenvalue weighted by molar-refractivity contribution is -0.141. The lowest BCUT2D eigenvalue weighted by Crippen LogP contribution is -2.51. The second-order valence-corrected chi connectivity index (χ2v) is 9.17. The molecular weight excluding hydrogens is 420 g/mol. The van der Waals surface area contributed by atoms with Gasteiger partial charge < -0.3 is 10.2 Å². The van der Waals surface area contributed by atoms with Gasteiger partial charge >= 0.3 is 0 Å². The highest BCUT2D eigenvalue weighted by molar-refractivity contribution is 6.30. The monoisotopic (exact) mass is 454 g/mol. The molecule has 5 heteroatoms. The van der Waals surface area contributed by atoms with Crippen molar-refractivity contribution in [2.75, 3.05) is 0 Å². The molecule has 0 radical (unpaired) electrons. The van der Waals surface area contributed by atoms with Crippen LogP contribution in [0.5, 0.6) is 0 Å². The molecule has 0 aromatic heterocycles. The molecule has 1 aliphatic carbocycles. The minimum atomic E-state index is -0.471. The van der Waals surface area contributed by atoms with Crippen LogP contribution in [0.2, 0.25) is 5.02 Å². The SMILES string of the molecule is CCc1ccc(CCC(=O)N(Cc2ccc(Cl)cc2)[C@@H](CC)C(=O)NC2CCCC2)cc1. The molecule has 1 N–H and O–H groups in total. The molecule has 172 valence electrons. The summed E-state index contributed by atoms with van der Waals surface area (Å²) in [6.45, 7) is 4.51. The van der Waals surface area contributed by atoms with Crippen LogP contribution in [0.3, 0.4) is 0 Å². The largest absolute Gasteiger partial charge is 0.352 e. The number of carbonyl (C=O) groups is 2. The van der Waals surface area contributed by atoms with E-state index in [0.717, 1.165) is 43.2 Å². The summed E-state index contributed by atoms with van der Waals surface area (Å²) in [4.78, 5) is 28.3. The number of nitrogens with one attached hydrogen (secondary N) is 1. The number of hydrogen-bond acceptors (Lipinski definition) is 2. The van der Waals surface area contributed by atoms with Gasteiger partial charge in [0.25, 0.3) is 0 Å². The van der Waals surface area contributed by atoms with Crippen molar-refractivity contribution in [2.45, 2.75) is 83.8 Å². The number of aryl methyl sites for hydroxylation is 2. The first-order valence-electron chi connectivity index (χ1n) is 11.9. The van der Waals surface area contributed by atoms with E-state index in [1.807, 2.05) is 31.2 Å². The number of nitrogens with zero attached hydrogens (tertiary/aromatic N) is 1. The Morgan fingerprint density at radius 3 is 2.16 bits per heavy atom. The summed E-state index contributed by atoms with van der Waals surface area (Å²) in [6.07, 6.45) is 7.01. The highest BCUT2D eigenvalue weighted by atomic mass is 35.5. The molecule has 1 saturated carbocycles. The van der Waals surface area contributed by atoms with Gasteiger partial charge in [-0.25, -0.2) is 0 Å². The predicted octanol–water partition coefficient (Wildman–Crippen LogP) is 5.70. The van der Waals surface area contributed by atoms with Crippen LogP contribution in [-0.4, -0.2) is 28.8 Å². The molecule has 0 unspecified atom stereocenters. The van der Waals surface area contributed by atoms with Crippen LogP contribution in [-0.2, 0) is 29.0 Å². The van der Waals surface area contributed by atoms with Gasteiger partial charge in [-0.2, -0.15) is 0 Å². The molecule has 4 nitrogen and oxygen atoms in total. The first-order valence-corrected chi connectivity index (χ1v) is 12.3. The van der Waals surface area contributed by atoms with Gasteiger partial charge in [0.05, 0.1) is 0 Å². The Labute approximate surface area is 197 Å². The third-order valence-electron chi connectivity index (χ3n) is 6.41. The Hall–Kier alpha value is -2.33. The lowest BCUT2D eigenvalue weighted by Gasteiger charge is -2.31.